The van der Waals surface area contributed by atoms with Crippen LogP contribution in [-0.4, -0.2) is 28.8 Å². The number of nitro benzene ring substituents is 1. The lowest BCUT2D eigenvalue weighted by atomic mass is 10.1. The Morgan fingerprint density at radius 1 is 1.40 bits per heavy atom. The summed E-state index contributed by atoms with van der Waals surface area (Å²) in [5, 5.41) is 14.1. The Bertz CT molecular complexity index is 516. The van der Waals surface area contributed by atoms with E-state index >= 15 is 0 Å². The zero-order valence-corrected chi connectivity index (χ0v) is 11.6. The second-order valence-electron chi connectivity index (χ2n) is 4.91. The number of carbonyl (C=O) groups excluding carboxylic acids is 1. The second kappa shape index (κ2) is 6.36. The van der Waals surface area contributed by atoms with Crippen LogP contribution in [0, 0.1) is 10.1 Å². The van der Waals surface area contributed by atoms with Gasteiger partial charge < -0.3 is 10.2 Å². The fourth-order valence-electron chi connectivity index (χ4n) is 2.42. The van der Waals surface area contributed by atoms with E-state index in [-0.39, 0.29) is 16.5 Å². The molecule has 0 unspecified atom stereocenters. The van der Waals surface area contributed by atoms with Crippen molar-refractivity contribution in [2.24, 2.45) is 0 Å². The topological polar surface area (TPSA) is 75.5 Å². The molecule has 1 aliphatic heterocycles. The van der Waals surface area contributed by atoms with Crippen molar-refractivity contribution >= 4 is 17.3 Å². The third-order valence-electron chi connectivity index (χ3n) is 3.42. The predicted octanol–water partition coefficient (Wildman–Crippen LogP) is 2.54. The van der Waals surface area contributed by atoms with Crippen LogP contribution in [-0.2, 0) is 11.3 Å². The summed E-state index contributed by atoms with van der Waals surface area (Å²) in [6.45, 7) is 3.71. The molecule has 0 spiro atoms. The molecule has 1 amide bonds. The van der Waals surface area contributed by atoms with Crippen LogP contribution in [0.15, 0.2) is 18.2 Å². The molecule has 0 bridgehead atoms. The van der Waals surface area contributed by atoms with Gasteiger partial charge in [-0.3, -0.25) is 14.9 Å². The van der Waals surface area contributed by atoms with Gasteiger partial charge in [-0.15, -0.1) is 0 Å². The summed E-state index contributed by atoms with van der Waals surface area (Å²) in [6.07, 6.45) is 2.52. The van der Waals surface area contributed by atoms with Gasteiger partial charge in [0.1, 0.15) is 5.69 Å². The van der Waals surface area contributed by atoms with E-state index in [9.17, 15) is 14.9 Å². The lowest BCUT2D eigenvalue weighted by Crippen LogP contribution is -2.34. The molecule has 108 valence electrons. The number of piperidine rings is 1. The molecule has 2 rings (SSSR count). The summed E-state index contributed by atoms with van der Waals surface area (Å²) in [7, 11) is 0. The lowest BCUT2D eigenvalue weighted by Gasteiger charge is -2.26. The van der Waals surface area contributed by atoms with Crippen molar-refractivity contribution in [2.75, 3.05) is 18.4 Å². The predicted molar refractivity (Wildman–Crippen MR) is 76.5 cm³/mol. The molecule has 1 heterocycles. The molecule has 6 heteroatoms. The molecule has 20 heavy (non-hydrogen) atoms. The van der Waals surface area contributed by atoms with Crippen molar-refractivity contribution in [1.29, 1.82) is 0 Å². The molecular formula is C14H19N3O3. The van der Waals surface area contributed by atoms with E-state index in [2.05, 4.69) is 5.32 Å². The molecule has 1 aromatic carbocycles. The zero-order chi connectivity index (χ0) is 14.5. The summed E-state index contributed by atoms with van der Waals surface area (Å²) in [6, 6.07) is 5.11. The maximum Gasteiger partial charge on any atom is 0.292 e. The minimum absolute atomic E-state index is 0.0637. The fraction of sp³-hybridized carbons (Fsp3) is 0.500. The van der Waals surface area contributed by atoms with Crippen LogP contribution >= 0.6 is 0 Å². The van der Waals surface area contributed by atoms with Crippen molar-refractivity contribution in [3.05, 3.63) is 33.9 Å². The van der Waals surface area contributed by atoms with Gasteiger partial charge in [0.25, 0.3) is 5.69 Å². The SMILES string of the molecule is CCNc1ccc(CN2CCCCC2=O)cc1[N+](=O)[O-]. The van der Waals surface area contributed by atoms with Gasteiger partial charge in [-0.1, -0.05) is 6.07 Å². The van der Waals surface area contributed by atoms with Gasteiger partial charge >= 0.3 is 0 Å². The molecule has 6 nitrogen and oxygen atoms in total. The number of nitro groups is 1. The van der Waals surface area contributed by atoms with Crippen LogP contribution < -0.4 is 5.32 Å². The molecule has 0 aromatic heterocycles. The third kappa shape index (κ3) is 3.26. The number of likely N-dealkylation sites (tertiary alicyclic amines) is 1. The highest BCUT2D eigenvalue weighted by Gasteiger charge is 2.20. The summed E-state index contributed by atoms with van der Waals surface area (Å²) in [5.74, 6) is 0.134. The highest BCUT2D eigenvalue weighted by molar-refractivity contribution is 5.77. The van der Waals surface area contributed by atoms with Gasteiger partial charge in [0.2, 0.25) is 5.91 Å². The monoisotopic (exact) mass is 277 g/mol. The highest BCUT2D eigenvalue weighted by Crippen LogP contribution is 2.26. The van der Waals surface area contributed by atoms with E-state index in [0.717, 1.165) is 24.9 Å². The Labute approximate surface area is 117 Å². The Morgan fingerprint density at radius 2 is 2.20 bits per heavy atom. The molecule has 1 fully saturated rings. The number of rotatable bonds is 5. The van der Waals surface area contributed by atoms with Crippen LogP contribution in [0.5, 0.6) is 0 Å². The zero-order valence-electron chi connectivity index (χ0n) is 11.6. The van der Waals surface area contributed by atoms with Crippen molar-refractivity contribution < 1.29 is 9.72 Å². The second-order valence-corrected chi connectivity index (χ2v) is 4.91. The molecule has 0 aliphatic carbocycles. The van der Waals surface area contributed by atoms with Gasteiger partial charge in [0.05, 0.1) is 4.92 Å². The quantitative estimate of drug-likeness (QED) is 0.663. The first-order chi connectivity index (χ1) is 9.61. The number of hydrogen-bond donors (Lipinski definition) is 1. The Morgan fingerprint density at radius 3 is 2.85 bits per heavy atom. The Kier molecular flexibility index (Phi) is 4.55. The number of anilines is 1. The van der Waals surface area contributed by atoms with Crippen molar-refractivity contribution in [2.45, 2.75) is 32.7 Å². The maximum absolute atomic E-state index is 11.8. The van der Waals surface area contributed by atoms with Gasteiger partial charge in [-0.05, 0) is 31.4 Å². The first-order valence-corrected chi connectivity index (χ1v) is 6.90. The van der Waals surface area contributed by atoms with Gasteiger partial charge in [0.15, 0.2) is 0 Å². The van der Waals surface area contributed by atoms with Crippen LogP contribution in [0.4, 0.5) is 11.4 Å². The van der Waals surface area contributed by atoms with E-state index < -0.39 is 0 Å². The fourth-order valence-corrected chi connectivity index (χ4v) is 2.42. The Hall–Kier alpha value is -2.11. The summed E-state index contributed by atoms with van der Waals surface area (Å²) in [4.78, 5) is 24.2. The van der Waals surface area contributed by atoms with Gasteiger partial charge in [-0.25, -0.2) is 0 Å². The maximum atomic E-state index is 11.8. The summed E-state index contributed by atoms with van der Waals surface area (Å²) >= 11 is 0. The molecule has 0 saturated carbocycles. The van der Waals surface area contributed by atoms with Gasteiger partial charge in [0, 0.05) is 32.1 Å². The number of amides is 1. The molecule has 1 N–H and O–H groups in total. The van der Waals surface area contributed by atoms with E-state index in [1.54, 1.807) is 17.0 Å². The molecule has 1 aromatic rings. The third-order valence-corrected chi connectivity index (χ3v) is 3.42. The average Bonchev–Trinajstić information content (AvgIpc) is 2.43. The first kappa shape index (κ1) is 14.3. The standard InChI is InChI=1S/C14H19N3O3/c1-2-15-12-7-6-11(9-13(12)17(19)20)10-16-8-4-3-5-14(16)18/h6-7,9,15H,2-5,8,10H2,1H3. The molecular weight excluding hydrogens is 258 g/mol. The number of benzene rings is 1. The van der Waals surface area contributed by atoms with Crippen LogP contribution in [0.2, 0.25) is 0 Å². The van der Waals surface area contributed by atoms with E-state index in [4.69, 9.17) is 0 Å². The summed E-state index contributed by atoms with van der Waals surface area (Å²) in [5.41, 5.74) is 1.38. The van der Waals surface area contributed by atoms with Crippen LogP contribution in [0.25, 0.3) is 0 Å². The lowest BCUT2D eigenvalue weighted by molar-refractivity contribution is -0.384. The van der Waals surface area contributed by atoms with Crippen molar-refractivity contribution in [1.82, 2.24) is 4.90 Å². The molecule has 1 aliphatic rings. The Balaban J connectivity index is 2.18. The molecule has 0 atom stereocenters. The normalized spacial score (nSPS) is 15.2. The van der Waals surface area contributed by atoms with E-state index in [1.807, 2.05) is 13.0 Å². The number of hydrogen-bond acceptors (Lipinski definition) is 4. The van der Waals surface area contributed by atoms with Gasteiger partial charge in [-0.2, -0.15) is 0 Å². The van der Waals surface area contributed by atoms with Crippen molar-refractivity contribution in [3.63, 3.8) is 0 Å². The average molecular weight is 277 g/mol. The number of nitrogens with zero attached hydrogens (tertiary/aromatic N) is 2. The van der Waals surface area contributed by atoms with E-state index in [1.165, 1.54) is 0 Å². The van der Waals surface area contributed by atoms with Crippen LogP contribution in [0.3, 0.4) is 0 Å². The highest BCUT2D eigenvalue weighted by atomic mass is 16.6. The minimum Gasteiger partial charge on any atom is -0.380 e. The number of carbonyl (C=O) groups is 1. The first-order valence-electron chi connectivity index (χ1n) is 6.90. The molecule has 0 radical (unpaired) electrons. The smallest absolute Gasteiger partial charge is 0.292 e. The van der Waals surface area contributed by atoms with E-state index in [0.29, 0.717) is 25.2 Å². The van der Waals surface area contributed by atoms with Crippen LogP contribution in [0.1, 0.15) is 31.7 Å². The largest absolute Gasteiger partial charge is 0.380 e. The molecule has 1 saturated heterocycles. The summed E-state index contributed by atoms with van der Waals surface area (Å²) < 4.78 is 0. The van der Waals surface area contributed by atoms with Crippen molar-refractivity contribution in [3.8, 4) is 0 Å². The number of nitrogens with one attached hydrogen (secondary N) is 1. The minimum atomic E-state index is -0.389.